The Hall–Kier alpha value is -0.610. The molecule has 0 atom stereocenters. The van der Waals surface area contributed by atoms with Crippen molar-refractivity contribution in [2.75, 3.05) is 19.8 Å². The zero-order chi connectivity index (χ0) is 10.6. The minimum atomic E-state index is -0.218. The van der Waals surface area contributed by atoms with E-state index in [1.807, 2.05) is 0 Å². The van der Waals surface area contributed by atoms with Crippen molar-refractivity contribution in [1.29, 1.82) is 0 Å². The molecule has 0 spiro atoms. The molecule has 0 aromatic heterocycles. The highest BCUT2D eigenvalue weighted by Crippen LogP contribution is 2.02. The van der Waals surface area contributed by atoms with E-state index in [0.29, 0.717) is 19.4 Å². The lowest BCUT2D eigenvalue weighted by Crippen LogP contribution is -2.09. The molecule has 0 aliphatic rings. The Morgan fingerprint density at radius 3 is 2.36 bits per heavy atom. The van der Waals surface area contributed by atoms with E-state index in [1.54, 1.807) is 0 Å². The molecular weight excluding hydrogens is 182 g/mol. The Bertz CT molecular complexity index is 139. The molecule has 3 N–H and O–H groups in total. The fraction of sp³-hybridized carbons (Fsp3) is 0.900. The average Bonchev–Trinajstić information content (AvgIpc) is 2.15. The SMILES string of the molecule is NC(=O)CCCCCCOCCCO. The van der Waals surface area contributed by atoms with Gasteiger partial charge in [0.05, 0.1) is 0 Å². The highest BCUT2D eigenvalue weighted by Gasteiger charge is 1.94. The molecule has 84 valence electrons. The van der Waals surface area contributed by atoms with Crippen LogP contribution in [-0.2, 0) is 9.53 Å². The summed E-state index contributed by atoms with van der Waals surface area (Å²) in [6.07, 6.45) is 5.21. The maximum atomic E-state index is 10.4. The normalized spacial score (nSPS) is 10.4. The van der Waals surface area contributed by atoms with Crippen LogP contribution in [0.2, 0.25) is 0 Å². The predicted molar refractivity (Wildman–Crippen MR) is 54.8 cm³/mol. The molecule has 0 heterocycles. The number of aliphatic hydroxyl groups is 1. The summed E-state index contributed by atoms with van der Waals surface area (Å²) in [6, 6.07) is 0. The summed E-state index contributed by atoms with van der Waals surface area (Å²) in [5, 5.41) is 8.47. The van der Waals surface area contributed by atoms with Gasteiger partial charge in [-0.1, -0.05) is 12.8 Å². The molecule has 0 saturated carbocycles. The van der Waals surface area contributed by atoms with Gasteiger partial charge in [0.25, 0.3) is 0 Å². The van der Waals surface area contributed by atoms with Gasteiger partial charge in [0.1, 0.15) is 0 Å². The van der Waals surface area contributed by atoms with Crippen LogP contribution in [0.3, 0.4) is 0 Å². The molecule has 0 fully saturated rings. The summed E-state index contributed by atoms with van der Waals surface area (Å²) >= 11 is 0. The van der Waals surface area contributed by atoms with Gasteiger partial charge >= 0.3 is 0 Å². The topological polar surface area (TPSA) is 72.6 Å². The number of hydrogen-bond acceptors (Lipinski definition) is 3. The Labute approximate surface area is 85.4 Å². The first-order valence-corrected chi connectivity index (χ1v) is 5.24. The smallest absolute Gasteiger partial charge is 0.217 e. The maximum absolute atomic E-state index is 10.4. The van der Waals surface area contributed by atoms with Gasteiger partial charge in [-0.05, 0) is 19.3 Å². The highest BCUT2D eigenvalue weighted by molar-refractivity contribution is 5.73. The lowest BCUT2D eigenvalue weighted by molar-refractivity contribution is -0.118. The largest absolute Gasteiger partial charge is 0.396 e. The summed E-state index contributed by atoms with van der Waals surface area (Å²) in [7, 11) is 0. The van der Waals surface area contributed by atoms with E-state index in [9.17, 15) is 4.79 Å². The average molecular weight is 203 g/mol. The quantitative estimate of drug-likeness (QED) is 0.516. The fourth-order valence-electron chi connectivity index (χ4n) is 1.13. The van der Waals surface area contributed by atoms with Crippen LogP contribution in [0, 0.1) is 0 Å². The zero-order valence-electron chi connectivity index (χ0n) is 8.71. The van der Waals surface area contributed by atoms with Crippen molar-refractivity contribution in [2.24, 2.45) is 5.73 Å². The molecule has 0 aliphatic carbocycles. The third-order valence-electron chi connectivity index (χ3n) is 1.91. The monoisotopic (exact) mass is 203 g/mol. The number of rotatable bonds is 10. The fourth-order valence-corrected chi connectivity index (χ4v) is 1.13. The summed E-state index contributed by atoms with van der Waals surface area (Å²) in [6.45, 7) is 1.58. The third kappa shape index (κ3) is 11.4. The Morgan fingerprint density at radius 1 is 1.07 bits per heavy atom. The number of carbonyl (C=O) groups is 1. The minimum absolute atomic E-state index is 0.193. The van der Waals surface area contributed by atoms with Crippen LogP contribution in [-0.4, -0.2) is 30.8 Å². The lowest BCUT2D eigenvalue weighted by Gasteiger charge is -2.02. The molecule has 0 aliphatic heterocycles. The van der Waals surface area contributed by atoms with Crippen LogP contribution >= 0.6 is 0 Å². The van der Waals surface area contributed by atoms with E-state index in [4.69, 9.17) is 15.6 Å². The molecule has 0 aromatic rings. The second-order valence-electron chi connectivity index (χ2n) is 3.32. The second kappa shape index (κ2) is 10.5. The van der Waals surface area contributed by atoms with Crippen LogP contribution in [0.4, 0.5) is 0 Å². The molecule has 0 radical (unpaired) electrons. The van der Waals surface area contributed by atoms with E-state index >= 15 is 0 Å². The van der Waals surface area contributed by atoms with Crippen LogP contribution < -0.4 is 5.73 Å². The molecular formula is C10H21NO3. The van der Waals surface area contributed by atoms with E-state index in [0.717, 1.165) is 32.3 Å². The molecule has 0 saturated heterocycles. The first kappa shape index (κ1) is 13.4. The summed E-state index contributed by atoms with van der Waals surface area (Å²) in [5.74, 6) is -0.218. The number of carbonyl (C=O) groups excluding carboxylic acids is 1. The molecule has 0 bridgehead atoms. The summed E-state index contributed by atoms with van der Waals surface area (Å²) in [5.41, 5.74) is 5.00. The zero-order valence-corrected chi connectivity index (χ0v) is 8.71. The number of unbranched alkanes of at least 4 members (excludes halogenated alkanes) is 3. The van der Waals surface area contributed by atoms with Crippen LogP contribution in [0.25, 0.3) is 0 Å². The van der Waals surface area contributed by atoms with Crippen LogP contribution in [0.15, 0.2) is 0 Å². The summed E-state index contributed by atoms with van der Waals surface area (Å²) in [4.78, 5) is 10.4. The van der Waals surface area contributed by atoms with Gasteiger partial charge in [-0.2, -0.15) is 0 Å². The van der Waals surface area contributed by atoms with Gasteiger partial charge in [-0.25, -0.2) is 0 Å². The van der Waals surface area contributed by atoms with Crippen molar-refractivity contribution >= 4 is 5.91 Å². The number of primary amides is 1. The Kier molecular flexibility index (Phi) is 10.0. The first-order valence-electron chi connectivity index (χ1n) is 5.24. The van der Waals surface area contributed by atoms with Gasteiger partial charge < -0.3 is 15.6 Å². The Morgan fingerprint density at radius 2 is 1.71 bits per heavy atom. The maximum Gasteiger partial charge on any atom is 0.217 e. The lowest BCUT2D eigenvalue weighted by atomic mass is 10.1. The van der Waals surface area contributed by atoms with Crippen molar-refractivity contribution in [3.63, 3.8) is 0 Å². The van der Waals surface area contributed by atoms with Gasteiger partial charge in [0.15, 0.2) is 0 Å². The molecule has 14 heavy (non-hydrogen) atoms. The molecule has 0 aromatic carbocycles. The number of aliphatic hydroxyl groups excluding tert-OH is 1. The third-order valence-corrected chi connectivity index (χ3v) is 1.91. The van der Waals surface area contributed by atoms with Crippen LogP contribution in [0.5, 0.6) is 0 Å². The molecule has 4 heteroatoms. The van der Waals surface area contributed by atoms with E-state index in [2.05, 4.69) is 0 Å². The number of ether oxygens (including phenoxy) is 1. The first-order chi connectivity index (χ1) is 6.77. The van der Waals surface area contributed by atoms with Gasteiger partial charge in [-0.15, -0.1) is 0 Å². The van der Waals surface area contributed by atoms with Gasteiger partial charge in [-0.3, -0.25) is 4.79 Å². The van der Waals surface area contributed by atoms with Crippen molar-refractivity contribution < 1.29 is 14.6 Å². The number of nitrogens with two attached hydrogens (primary N) is 1. The molecule has 1 amide bonds. The van der Waals surface area contributed by atoms with E-state index in [-0.39, 0.29) is 12.5 Å². The predicted octanol–water partition coefficient (Wildman–Crippen LogP) is 0.821. The second-order valence-corrected chi connectivity index (χ2v) is 3.32. The van der Waals surface area contributed by atoms with E-state index < -0.39 is 0 Å². The number of amides is 1. The highest BCUT2D eigenvalue weighted by atomic mass is 16.5. The van der Waals surface area contributed by atoms with Gasteiger partial charge in [0, 0.05) is 26.2 Å². The molecule has 4 nitrogen and oxygen atoms in total. The summed E-state index contributed by atoms with van der Waals surface area (Å²) < 4.78 is 5.25. The minimum Gasteiger partial charge on any atom is -0.396 e. The van der Waals surface area contributed by atoms with Crippen LogP contribution in [0.1, 0.15) is 38.5 Å². The molecule has 0 rings (SSSR count). The van der Waals surface area contributed by atoms with Crippen molar-refractivity contribution in [3.05, 3.63) is 0 Å². The molecule has 0 unspecified atom stereocenters. The number of hydrogen-bond donors (Lipinski definition) is 2. The van der Waals surface area contributed by atoms with Crippen molar-refractivity contribution in [2.45, 2.75) is 38.5 Å². The van der Waals surface area contributed by atoms with Gasteiger partial charge in [0.2, 0.25) is 5.91 Å². The standard InChI is InChI=1S/C10H21NO3/c11-10(13)6-3-1-2-4-8-14-9-5-7-12/h12H,1-9H2,(H2,11,13). The van der Waals surface area contributed by atoms with Crippen molar-refractivity contribution in [3.8, 4) is 0 Å². The Balaban J connectivity index is 2.88. The van der Waals surface area contributed by atoms with E-state index in [1.165, 1.54) is 0 Å². The van der Waals surface area contributed by atoms with Crippen molar-refractivity contribution in [1.82, 2.24) is 0 Å².